The molecule has 3 rings (SSSR count). The van der Waals surface area contributed by atoms with E-state index in [9.17, 15) is 9.59 Å². The maximum Gasteiger partial charge on any atom is 0.343 e. The first kappa shape index (κ1) is 20.1. The Morgan fingerprint density at radius 1 is 1.14 bits per heavy atom. The summed E-state index contributed by atoms with van der Waals surface area (Å²) >= 11 is 0. The van der Waals surface area contributed by atoms with Gasteiger partial charge in [-0.3, -0.25) is 4.79 Å². The second kappa shape index (κ2) is 9.55. The fourth-order valence-corrected chi connectivity index (χ4v) is 3.78. The van der Waals surface area contributed by atoms with Crippen molar-refractivity contribution < 1.29 is 19.1 Å². The molecule has 0 aliphatic carbocycles. The molecule has 0 spiro atoms. The molecule has 0 radical (unpaired) electrons. The van der Waals surface area contributed by atoms with Gasteiger partial charge in [0.05, 0.1) is 7.11 Å². The van der Waals surface area contributed by atoms with Crippen LogP contribution in [0.5, 0.6) is 5.75 Å². The van der Waals surface area contributed by atoms with Crippen LogP contribution in [0.3, 0.4) is 0 Å². The Morgan fingerprint density at radius 2 is 1.86 bits per heavy atom. The van der Waals surface area contributed by atoms with Gasteiger partial charge < -0.3 is 20.1 Å². The molecule has 150 valence electrons. The summed E-state index contributed by atoms with van der Waals surface area (Å²) in [6.45, 7) is 4.08. The molecule has 1 unspecified atom stereocenters. The number of methoxy groups -OCH3 is 1. The topological polar surface area (TPSA) is 76.7 Å². The van der Waals surface area contributed by atoms with Crippen LogP contribution in [-0.2, 0) is 14.3 Å². The van der Waals surface area contributed by atoms with Crippen LogP contribution >= 0.6 is 0 Å². The highest BCUT2D eigenvalue weighted by atomic mass is 16.6. The molecule has 0 aromatic heterocycles. The summed E-state index contributed by atoms with van der Waals surface area (Å²) < 4.78 is 10.2. The highest BCUT2D eigenvalue weighted by molar-refractivity contribution is 6.04. The fourth-order valence-electron chi connectivity index (χ4n) is 3.78. The Balaban J connectivity index is 1.70. The van der Waals surface area contributed by atoms with Gasteiger partial charge in [-0.2, -0.15) is 0 Å². The molecule has 28 heavy (non-hydrogen) atoms. The van der Waals surface area contributed by atoms with E-state index >= 15 is 0 Å². The molecule has 1 amide bonds. The molecule has 0 saturated carbocycles. The zero-order valence-corrected chi connectivity index (χ0v) is 16.5. The van der Waals surface area contributed by atoms with E-state index in [-0.39, 0.29) is 12.5 Å². The number of benzene rings is 2. The first-order chi connectivity index (χ1) is 13.6. The molecular weight excluding hydrogens is 356 g/mol. The van der Waals surface area contributed by atoms with E-state index in [1.54, 1.807) is 6.07 Å². The van der Waals surface area contributed by atoms with Gasteiger partial charge in [0.2, 0.25) is 5.91 Å². The lowest BCUT2D eigenvalue weighted by atomic mass is 9.84. The van der Waals surface area contributed by atoms with Crippen LogP contribution in [0.15, 0.2) is 36.4 Å². The smallest absolute Gasteiger partial charge is 0.343 e. The van der Waals surface area contributed by atoms with Crippen LogP contribution in [0.2, 0.25) is 0 Å². The van der Waals surface area contributed by atoms with Crippen LogP contribution in [0.4, 0.5) is 5.69 Å². The minimum Gasteiger partial charge on any atom is -0.481 e. The molecule has 2 aromatic rings. The van der Waals surface area contributed by atoms with E-state index < -0.39 is 5.97 Å². The summed E-state index contributed by atoms with van der Waals surface area (Å²) in [5.41, 5.74) is 0.753. The number of hydrogen-bond acceptors (Lipinski definition) is 5. The van der Waals surface area contributed by atoms with Gasteiger partial charge in [0, 0.05) is 22.9 Å². The lowest BCUT2D eigenvalue weighted by Gasteiger charge is -2.28. The number of amides is 1. The van der Waals surface area contributed by atoms with Crippen molar-refractivity contribution in [3.8, 4) is 5.75 Å². The Bertz CT molecular complexity index is 830. The SMILES string of the molecule is COC(=O)COc1ccc(NC(=O)CC(C)C2CCNCC2)c2ccccc12. The maximum absolute atomic E-state index is 12.6. The van der Waals surface area contributed by atoms with Gasteiger partial charge >= 0.3 is 5.97 Å². The van der Waals surface area contributed by atoms with E-state index in [1.165, 1.54) is 7.11 Å². The first-order valence-electron chi connectivity index (χ1n) is 9.80. The van der Waals surface area contributed by atoms with Crippen LogP contribution in [0, 0.1) is 11.8 Å². The normalized spacial score (nSPS) is 15.8. The van der Waals surface area contributed by atoms with E-state index in [0.29, 0.717) is 24.0 Å². The first-order valence-corrected chi connectivity index (χ1v) is 9.80. The number of fused-ring (bicyclic) bond motifs is 1. The predicted octanol–water partition coefficient (Wildman–Crippen LogP) is 3.36. The van der Waals surface area contributed by atoms with Crippen molar-refractivity contribution in [1.82, 2.24) is 5.32 Å². The minimum atomic E-state index is -0.437. The zero-order chi connectivity index (χ0) is 19.9. The molecule has 6 heteroatoms. The quantitative estimate of drug-likeness (QED) is 0.716. The second-order valence-corrected chi connectivity index (χ2v) is 7.34. The van der Waals surface area contributed by atoms with Crippen LogP contribution in [-0.4, -0.2) is 38.7 Å². The maximum atomic E-state index is 12.6. The number of ether oxygens (including phenoxy) is 2. The highest BCUT2D eigenvalue weighted by Gasteiger charge is 2.22. The summed E-state index contributed by atoms with van der Waals surface area (Å²) in [6, 6.07) is 11.3. The van der Waals surface area contributed by atoms with Gasteiger partial charge in [-0.15, -0.1) is 0 Å². The third-order valence-electron chi connectivity index (χ3n) is 5.43. The molecule has 1 aliphatic heterocycles. The Kier molecular flexibility index (Phi) is 6.87. The largest absolute Gasteiger partial charge is 0.481 e. The lowest BCUT2D eigenvalue weighted by Crippen LogP contribution is -2.32. The molecule has 1 saturated heterocycles. The van der Waals surface area contributed by atoms with Gasteiger partial charge in [0.1, 0.15) is 5.75 Å². The van der Waals surface area contributed by atoms with E-state index in [1.807, 2.05) is 30.3 Å². The molecular formula is C22H28N2O4. The minimum absolute atomic E-state index is 0.0272. The molecule has 1 fully saturated rings. The van der Waals surface area contributed by atoms with Crippen molar-refractivity contribution in [3.05, 3.63) is 36.4 Å². The molecule has 1 heterocycles. The van der Waals surface area contributed by atoms with Gasteiger partial charge in [0.15, 0.2) is 6.61 Å². The van der Waals surface area contributed by atoms with Crippen molar-refractivity contribution in [2.75, 3.05) is 32.1 Å². The Morgan fingerprint density at radius 3 is 2.57 bits per heavy atom. The van der Waals surface area contributed by atoms with Gasteiger partial charge in [0.25, 0.3) is 0 Å². The summed E-state index contributed by atoms with van der Waals surface area (Å²) in [5.74, 6) is 1.13. The summed E-state index contributed by atoms with van der Waals surface area (Å²) in [5, 5.41) is 8.15. The monoisotopic (exact) mass is 384 g/mol. The van der Waals surface area contributed by atoms with E-state index in [0.717, 1.165) is 42.4 Å². The second-order valence-electron chi connectivity index (χ2n) is 7.34. The molecule has 0 bridgehead atoms. The number of nitrogens with one attached hydrogen (secondary N) is 2. The van der Waals surface area contributed by atoms with E-state index in [2.05, 4.69) is 22.3 Å². The molecule has 1 aliphatic rings. The standard InChI is InChI=1S/C22H28N2O4/c1-15(16-9-11-23-12-10-16)13-21(25)24-19-7-8-20(28-14-22(26)27-2)18-6-4-3-5-17(18)19/h3-8,15-16,23H,9-14H2,1-2H3,(H,24,25). The van der Waals surface area contributed by atoms with Crippen molar-refractivity contribution in [1.29, 1.82) is 0 Å². The third-order valence-corrected chi connectivity index (χ3v) is 5.43. The van der Waals surface area contributed by atoms with Crippen LogP contribution < -0.4 is 15.4 Å². The predicted molar refractivity (Wildman–Crippen MR) is 109 cm³/mol. The van der Waals surface area contributed by atoms with Crippen molar-refractivity contribution in [2.24, 2.45) is 11.8 Å². The number of carbonyl (C=O) groups excluding carboxylic acids is 2. The van der Waals surface area contributed by atoms with Crippen molar-refractivity contribution in [2.45, 2.75) is 26.2 Å². The van der Waals surface area contributed by atoms with Crippen LogP contribution in [0.25, 0.3) is 10.8 Å². The summed E-state index contributed by atoms with van der Waals surface area (Å²) in [6.07, 6.45) is 2.77. The summed E-state index contributed by atoms with van der Waals surface area (Å²) in [4.78, 5) is 24.0. The summed E-state index contributed by atoms with van der Waals surface area (Å²) in [7, 11) is 1.33. The number of rotatable bonds is 7. The number of esters is 1. The third kappa shape index (κ3) is 5.01. The van der Waals surface area contributed by atoms with Crippen molar-refractivity contribution >= 4 is 28.3 Å². The number of piperidine rings is 1. The molecule has 1 atom stereocenters. The molecule has 2 N–H and O–H groups in total. The number of carbonyl (C=O) groups is 2. The van der Waals surface area contributed by atoms with Crippen LogP contribution in [0.1, 0.15) is 26.2 Å². The molecule has 2 aromatic carbocycles. The Labute approximate surface area is 165 Å². The average molecular weight is 384 g/mol. The van der Waals surface area contributed by atoms with E-state index in [4.69, 9.17) is 4.74 Å². The van der Waals surface area contributed by atoms with Crippen molar-refractivity contribution in [3.63, 3.8) is 0 Å². The highest BCUT2D eigenvalue weighted by Crippen LogP contribution is 2.32. The zero-order valence-electron chi connectivity index (χ0n) is 16.5. The number of hydrogen-bond donors (Lipinski definition) is 2. The van der Waals surface area contributed by atoms with Gasteiger partial charge in [-0.1, -0.05) is 31.2 Å². The fraction of sp³-hybridized carbons (Fsp3) is 0.455. The lowest BCUT2D eigenvalue weighted by molar-refractivity contribution is -0.142. The Hall–Kier alpha value is -2.60. The molecule has 6 nitrogen and oxygen atoms in total. The average Bonchev–Trinajstić information content (AvgIpc) is 2.73. The number of anilines is 1. The van der Waals surface area contributed by atoms with Gasteiger partial charge in [-0.25, -0.2) is 4.79 Å². The van der Waals surface area contributed by atoms with Gasteiger partial charge in [-0.05, 0) is 49.9 Å².